The number of carbonyl (C=O) groups is 2. The van der Waals surface area contributed by atoms with Crippen molar-refractivity contribution in [3.63, 3.8) is 0 Å². The van der Waals surface area contributed by atoms with Crippen LogP contribution in [0.2, 0.25) is 0 Å². The maximum atomic E-state index is 12.6. The summed E-state index contributed by atoms with van der Waals surface area (Å²) < 4.78 is 34.9. The van der Waals surface area contributed by atoms with Gasteiger partial charge in [-0.2, -0.15) is 13.5 Å². The fraction of sp³-hybridized carbons (Fsp3) is 0.846. The van der Waals surface area contributed by atoms with E-state index in [0.29, 0.717) is 17.9 Å². The van der Waals surface area contributed by atoms with E-state index in [2.05, 4.69) is 14.9 Å². The highest BCUT2D eigenvalue weighted by Gasteiger charge is 2.49. The zero-order valence-electron chi connectivity index (χ0n) is 13.2. The molecule has 0 unspecified atom stereocenters. The summed E-state index contributed by atoms with van der Waals surface area (Å²) in [6.45, 7) is 1.99. The van der Waals surface area contributed by atoms with Crippen molar-refractivity contribution in [2.75, 3.05) is 19.6 Å². The average molecular weight is 362 g/mol. The normalized spacial score (nSPS) is 31.0. The molecule has 0 spiro atoms. The number of nitrogens with one attached hydrogen (secondary N) is 2. The van der Waals surface area contributed by atoms with E-state index in [4.69, 9.17) is 4.55 Å². The van der Waals surface area contributed by atoms with Crippen LogP contribution in [0.3, 0.4) is 0 Å². The number of carbonyl (C=O) groups excluding carboxylic acids is 2. The van der Waals surface area contributed by atoms with Gasteiger partial charge in [0.15, 0.2) is 0 Å². The third-order valence-electron chi connectivity index (χ3n) is 4.72. The van der Waals surface area contributed by atoms with Crippen LogP contribution in [0.15, 0.2) is 0 Å². The Morgan fingerprint density at radius 3 is 2.79 bits per heavy atom. The highest BCUT2D eigenvalue weighted by Crippen LogP contribution is 2.30. The third kappa shape index (κ3) is 3.79. The lowest BCUT2D eigenvalue weighted by molar-refractivity contribution is -0.126. The monoisotopic (exact) mass is 362 g/mol. The largest absolute Gasteiger partial charge is 0.418 e. The summed E-state index contributed by atoms with van der Waals surface area (Å²) in [5.41, 5.74) is 0. The van der Waals surface area contributed by atoms with Gasteiger partial charge < -0.3 is 15.5 Å². The van der Waals surface area contributed by atoms with Gasteiger partial charge in [-0.25, -0.2) is 4.79 Å². The van der Waals surface area contributed by atoms with Crippen molar-refractivity contribution in [2.45, 2.75) is 50.2 Å². The number of urea groups is 1. The van der Waals surface area contributed by atoms with Crippen LogP contribution in [0.25, 0.3) is 0 Å². The molecule has 0 aromatic carbocycles. The molecule has 3 atom stereocenters. The first-order valence-electron chi connectivity index (χ1n) is 8.13. The molecule has 3 amide bonds. The van der Waals surface area contributed by atoms with Crippen LogP contribution in [0, 0.1) is 0 Å². The molecule has 0 aromatic heterocycles. The lowest BCUT2D eigenvalue weighted by atomic mass is 9.99. The number of amides is 3. The zero-order chi connectivity index (χ0) is 17.3. The fourth-order valence-electron chi connectivity index (χ4n) is 3.56. The summed E-state index contributed by atoms with van der Waals surface area (Å²) in [6, 6.07) is -1.75. The van der Waals surface area contributed by atoms with Gasteiger partial charge in [0.1, 0.15) is 6.04 Å². The van der Waals surface area contributed by atoms with Gasteiger partial charge in [0.25, 0.3) is 0 Å². The minimum absolute atomic E-state index is 0.0769. The molecular formula is C13H22N4O6S. The van der Waals surface area contributed by atoms with Crippen molar-refractivity contribution < 1.29 is 26.8 Å². The molecule has 11 heteroatoms. The Morgan fingerprint density at radius 1 is 1.25 bits per heavy atom. The van der Waals surface area contributed by atoms with Crippen molar-refractivity contribution in [1.82, 2.24) is 20.6 Å². The lowest BCUT2D eigenvalue weighted by Gasteiger charge is -2.30. The Hall–Kier alpha value is -1.43. The molecular weight excluding hydrogens is 340 g/mol. The molecule has 136 valence electrons. The second kappa shape index (κ2) is 6.82. The number of hydroxylamine groups is 2. The smallest absolute Gasteiger partial charge is 0.352 e. The second-order valence-electron chi connectivity index (χ2n) is 6.40. The zero-order valence-corrected chi connectivity index (χ0v) is 14.0. The van der Waals surface area contributed by atoms with Crippen molar-refractivity contribution >= 4 is 22.3 Å². The van der Waals surface area contributed by atoms with E-state index < -0.39 is 28.5 Å². The Labute approximate surface area is 140 Å². The summed E-state index contributed by atoms with van der Waals surface area (Å²) in [7, 11) is -4.77. The predicted octanol–water partition coefficient (Wildman–Crippen LogP) is -0.752. The summed E-state index contributed by atoms with van der Waals surface area (Å²) in [5.74, 6) is -0.220. The average Bonchev–Trinajstić information content (AvgIpc) is 2.72. The van der Waals surface area contributed by atoms with Crippen molar-refractivity contribution in [3.05, 3.63) is 0 Å². The number of nitrogens with zero attached hydrogens (tertiary/aromatic N) is 2. The van der Waals surface area contributed by atoms with Crippen LogP contribution < -0.4 is 10.6 Å². The standard InChI is InChI=1S/C13H22N4O6S/c18-12(15-9-2-1-6-14-7-5-9)11-4-3-10-8-16(11)13(19)17(10)23-24(20,21)22/h9-11,14H,1-8H2,(H,15,18)(H,20,21,22)/t9-,10+,11-/m0/s1. The molecule has 0 aromatic rings. The van der Waals surface area contributed by atoms with E-state index in [0.717, 1.165) is 32.4 Å². The Morgan fingerprint density at radius 2 is 2.04 bits per heavy atom. The topological polar surface area (TPSA) is 128 Å². The summed E-state index contributed by atoms with van der Waals surface area (Å²) in [6.07, 6.45) is 3.57. The molecule has 0 aliphatic carbocycles. The molecule has 0 saturated carbocycles. The molecule has 10 nitrogen and oxygen atoms in total. The second-order valence-corrected chi connectivity index (χ2v) is 7.40. The Bertz CT molecular complexity index is 604. The maximum Gasteiger partial charge on any atom is 0.418 e. The number of rotatable bonds is 4. The van der Waals surface area contributed by atoms with E-state index in [-0.39, 0.29) is 18.5 Å². The van der Waals surface area contributed by atoms with Gasteiger partial charge in [0.05, 0.1) is 6.04 Å². The molecule has 3 aliphatic heterocycles. The molecule has 3 fully saturated rings. The van der Waals surface area contributed by atoms with Crippen LogP contribution in [0.1, 0.15) is 32.1 Å². The van der Waals surface area contributed by atoms with Gasteiger partial charge in [-0.3, -0.25) is 9.35 Å². The fourth-order valence-corrected chi connectivity index (χ4v) is 3.95. The quantitative estimate of drug-likeness (QED) is 0.561. The van der Waals surface area contributed by atoms with Crippen LogP contribution in [-0.2, 0) is 19.5 Å². The van der Waals surface area contributed by atoms with Crippen LogP contribution in [-0.4, -0.2) is 72.6 Å². The highest BCUT2D eigenvalue weighted by molar-refractivity contribution is 7.80. The molecule has 2 bridgehead atoms. The first-order chi connectivity index (χ1) is 11.3. The van der Waals surface area contributed by atoms with E-state index in [1.807, 2.05) is 0 Å². The molecule has 3 aliphatic rings. The number of hydrogen-bond acceptors (Lipinski definition) is 6. The minimum Gasteiger partial charge on any atom is -0.352 e. The van der Waals surface area contributed by atoms with E-state index >= 15 is 0 Å². The summed E-state index contributed by atoms with van der Waals surface area (Å²) in [5, 5.41) is 6.92. The molecule has 0 radical (unpaired) electrons. The third-order valence-corrected chi connectivity index (χ3v) is 5.07. The Kier molecular flexibility index (Phi) is 4.95. The van der Waals surface area contributed by atoms with Crippen LogP contribution in [0.4, 0.5) is 4.79 Å². The first-order valence-corrected chi connectivity index (χ1v) is 9.49. The van der Waals surface area contributed by atoms with Gasteiger partial charge in [-0.05, 0) is 45.2 Å². The molecule has 3 heterocycles. The maximum absolute atomic E-state index is 12.6. The first kappa shape index (κ1) is 17.4. The van der Waals surface area contributed by atoms with Gasteiger partial charge in [-0.15, -0.1) is 4.28 Å². The van der Waals surface area contributed by atoms with E-state index in [1.165, 1.54) is 4.90 Å². The molecule has 3 saturated heterocycles. The number of piperidine rings is 1. The van der Waals surface area contributed by atoms with Gasteiger partial charge in [0.2, 0.25) is 5.91 Å². The van der Waals surface area contributed by atoms with Gasteiger partial charge >= 0.3 is 16.4 Å². The Balaban J connectivity index is 1.63. The van der Waals surface area contributed by atoms with Crippen LogP contribution >= 0.6 is 0 Å². The van der Waals surface area contributed by atoms with E-state index in [9.17, 15) is 18.0 Å². The highest BCUT2D eigenvalue weighted by atomic mass is 32.3. The SMILES string of the molecule is O=C(N[C@H]1CCCNCC1)[C@@H]1CC[C@@H]2CN1C(=O)N2OS(=O)(=O)O. The van der Waals surface area contributed by atoms with Gasteiger partial charge in [-0.1, -0.05) is 0 Å². The predicted molar refractivity (Wildman–Crippen MR) is 82.0 cm³/mol. The summed E-state index contributed by atoms with van der Waals surface area (Å²) >= 11 is 0. The van der Waals surface area contributed by atoms with E-state index in [1.54, 1.807) is 0 Å². The van der Waals surface area contributed by atoms with Crippen molar-refractivity contribution in [3.8, 4) is 0 Å². The summed E-state index contributed by atoms with van der Waals surface area (Å²) in [4.78, 5) is 26.1. The minimum atomic E-state index is -4.77. The molecule has 3 rings (SSSR count). The molecule has 24 heavy (non-hydrogen) atoms. The van der Waals surface area contributed by atoms with Crippen LogP contribution in [0.5, 0.6) is 0 Å². The number of fused-ring (bicyclic) bond motifs is 2. The van der Waals surface area contributed by atoms with Crippen molar-refractivity contribution in [2.24, 2.45) is 0 Å². The molecule has 3 N–H and O–H groups in total. The number of hydrogen-bond donors (Lipinski definition) is 3. The van der Waals surface area contributed by atoms with Crippen molar-refractivity contribution in [1.29, 1.82) is 0 Å². The lowest BCUT2D eigenvalue weighted by Crippen LogP contribution is -2.52. The van der Waals surface area contributed by atoms with Gasteiger partial charge in [0, 0.05) is 12.6 Å².